The molecule has 0 fully saturated rings. The van der Waals surface area contributed by atoms with E-state index in [9.17, 15) is 9.90 Å². The van der Waals surface area contributed by atoms with Crippen molar-refractivity contribution in [2.45, 2.75) is 13.0 Å². The Hall–Kier alpha value is -3.31. The predicted molar refractivity (Wildman–Crippen MR) is 86.5 cm³/mol. The molecule has 3 aromatic rings. The number of aliphatic hydroxyl groups excluding tert-OH is 1. The highest BCUT2D eigenvalue weighted by atomic mass is 16.5. The summed E-state index contributed by atoms with van der Waals surface area (Å²) in [6.45, 7) is 1.61. The van der Waals surface area contributed by atoms with Gasteiger partial charge >= 0.3 is 5.97 Å². The number of hydrogen-bond donors (Lipinski definition) is 3. The molecular weight excluding hydrogens is 310 g/mol. The number of methoxy groups -OCH3 is 1. The number of nitriles is 1. The molecular formula is C16H15N5O3. The number of fused-ring (bicyclic) bond motifs is 1. The Bertz CT molecular complexity index is 978. The number of imidazole rings is 1. The molecule has 0 bridgehead atoms. The van der Waals surface area contributed by atoms with Crippen LogP contribution < -0.4 is 5.73 Å². The number of hydrogen-bond acceptors (Lipinski definition) is 6. The van der Waals surface area contributed by atoms with Gasteiger partial charge in [-0.2, -0.15) is 5.26 Å². The van der Waals surface area contributed by atoms with Crippen molar-refractivity contribution in [3.63, 3.8) is 0 Å². The van der Waals surface area contributed by atoms with Crippen molar-refractivity contribution in [3.8, 4) is 11.8 Å². The van der Waals surface area contributed by atoms with Gasteiger partial charge in [0.05, 0.1) is 29.4 Å². The summed E-state index contributed by atoms with van der Waals surface area (Å²) < 4.78 is 6.26. The number of nitrogens with two attached hydrogens (primary N) is 1. The quantitative estimate of drug-likeness (QED) is 0.628. The summed E-state index contributed by atoms with van der Waals surface area (Å²) in [7, 11) is 1.25. The van der Waals surface area contributed by atoms with Crippen LogP contribution in [-0.4, -0.2) is 32.7 Å². The van der Waals surface area contributed by atoms with Crippen LogP contribution in [0.4, 0.5) is 5.69 Å². The lowest BCUT2D eigenvalue weighted by Gasteiger charge is -2.08. The Labute approximate surface area is 137 Å². The van der Waals surface area contributed by atoms with E-state index < -0.39 is 12.1 Å². The number of anilines is 1. The summed E-state index contributed by atoms with van der Waals surface area (Å²) in [5.41, 5.74) is 8.20. The van der Waals surface area contributed by atoms with E-state index in [-0.39, 0.29) is 16.9 Å². The minimum atomic E-state index is -0.723. The average molecular weight is 325 g/mol. The summed E-state index contributed by atoms with van der Waals surface area (Å²) in [6, 6.07) is 7.19. The first-order valence-electron chi connectivity index (χ1n) is 7.13. The zero-order chi connectivity index (χ0) is 17.4. The maximum Gasteiger partial charge on any atom is 0.357 e. The van der Waals surface area contributed by atoms with Crippen LogP contribution in [0.2, 0.25) is 0 Å². The van der Waals surface area contributed by atoms with E-state index in [1.54, 1.807) is 25.1 Å². The van der Waals surface area contributed by atoms with Crippen LogP contribution in [0.15, 0.2) is 24.4 Å². The van der Waals surface area contributed by atoms with E-state index in [0.29, 0.717) is 22.5 Å². The molecule has 8 heteroatoms. The van der Waals surface area contributed by atoms with Gasteiger partial charge in [0.1, 0.15) is 18.0 Å². The molecule has 0 spiro atoms. The molecule has 0 saturated heterocycles. The predicted octanol–water partition coefficient (Wildman–Crippen LogP) is 1.65. The minimum absolute atomic E-state index is 0.0683. The van der Waals surface area contributed by atoms with Crippen molar-refractivity contribution >= 4 is 22.7 Å². The van der Waals surface area contributed by atoms with Gasteiger partial charge in [-0.25, -0.2) is 9.78 Å². The lowest BCUT2D eigenvalue weighted by atomic mass is 10.2. The second kappa shape index (κ2) is 5.72. The molecule has 122 valence electrons. The molecule has 24 heavy (non-hydrogen) atoms. The molecule has 0 radical (unpaired) electrons. The average Bonchev–Trinajstić information content (AvgIpc) is 3.14. The number of ether oxygens (including phenoxy) is 1. The number of rotatable bonds is 3. The number of H-pyrrole nitrogens is 1. The van der Waals surface area contributed by atoms with E-state index in [4.69, 9.17) is 15.7 Å². The molecule has 0 aliphatic rings. The van der Waals surface area contributed by atoms with Gasteiger partial charge in [0.15, 0.2) is 5.69 Å². The summed E-state index contributed by atoms with van der Waals surface area (Å²) in [4.78, 5) is 19.3. The van der Waals surface area contributed by atoms with Crippen molar-refractivity contribution in [1.82, 2.24) is 14.5 Å². The SMILES string of the molecule is COC(=O)c1c(N)c(C#N)cn1-c1ccc2nc(C(C)O)[nH]c2c1. The van der Waals surface area contributed by atoms with Crippen LogP contribution in [0.1, 0.15) is 34.9 Å². The monoisotopic (exact) mass is 325 g/mol. The lowest BCUT2D eigenvalue weighted by Crippen LogP contribution is -2.11. The first-order valence-corrected chi connectivity index (χ1v) is 7.13. The van der Waals surface area contributed by atoms with E-state index in [0.717, 1.165) is 0 Å². The molecule has 0 aliphatic carbocycles. The van der Waals surface area contributed by atoms with E-state index in [1.807, 2.05) is 6.07 Å². The van der Waals surface area contributed by atoms with Crippen LogP contribution in [0.3, 0.4) is 0 Å². The third-order valence-corrected chi connectivity index (χ3v) is 3.70. The van der Waals surface area contributed by atoms with Gasteiger partial charge in [-0.15, -0.1) is 0 Å². The van der Waals surface area contributed by atoms with Crippen molar-refractivity contribution in [3.05, 3.63) is 41.5 Å². The van der Waals surface area contributed by atoms with Gasteiger partial charge in [-0.3, -0.25) is 0 Å². The maximum absolute atomic E-state index is 12.0. The van der Waals surface area contributed by atoms with E-state index in [2.05, 4.69) is 9.97 Å². The van der Waals surface area contributed by atoms with Crippen LogP contribution in [-0.2, 0) is 4.74 Å². The zero-order valence-electron chi connectivity index (χ0n) is 13.1. The van der Waals surface area contributed by atoms with Crippen LogP contribution in [0.5, 0.6) is 0 Å². The first kappa shape index (κ1) is 15.6. The van der Waals surface area contributed by atoms with Crippen molar-refractivity contribution in [1.29, 1.82) is 5.26 Å². The third kappa shape index (κ3) is 2.37. The fourth-order valence-electron chi connectivity index (χ4n) is 2.48. The van der Waals surface area contributed by atoms with Gasteiger partial charge in [0.25, 0.3) is 0 Å². The molecule has 1 aromatic carbocycles. The number of benzene rings is 1. The molecule has 0 aliphatic heterocycles. The van der Waals surface area contributed by atoms with E-state index in [1.165, 1.54) is 17.9 Å². The number of aromatic nitrogens is 3. The summed E-state index contributed by atoms with van der Waals surface area (Å²) >= 11 is 0. The van der Waals surface area contributed by atoms with Crippen LogP contribution in [0, 0.1) is 11.3 Å². The Balaban J connectivity index is 2.20. The highest BCUT2D eigenvalue weighted by Crippen LogP contribution is 2.26. The topological polar surface area (TPSA) is 130 Å². The normalized spacial score (nSPS) is 12.1. The number of esters is 1. The second-order valence-corrected chi connectivity index (χ2v) is 5.28. The Kier molecular flexibility index (Phi) is 3.71. The smallest absolute Gasteiger partial charge is 0.357 e. The molecule has 8 nitrogen and oxygen atoms in total. The maximum atomic E-state index is 12.0. The fraction of sp³-hybridized carbons (Fsp3) is 0.188. The van der Waals surface area contributed by atoms with Crippen LogP contribution in [0.25, 0.3) is 16.7 Å². The second-order valence-electron chi connectivity index (χ2n) is 5.28. The van der Waals surface area contributed by atoms with Crippen molar-refractivity contribution in [2.75, 3.05) is 12.8 Å². The molecule has 2 heterocycles. The van der Waals surface area contributed by atoms with E-state index >= 15 is 0 Å². The summed E-state index contributed by atoms with van der Waals surface area (Å²) in [5, 5.41) is 18.8. The number of aromatic amines is 1. The third-order valence-electron chi connectivity index (χ3n) is 3.70. The lowest BCUT2D eigenvalue weighted by molar-refractivity contribution is 0.0593. The van der Waals surface area contributed by atoms with Gasteiger partial charge in [0, 0.05) is 11.9 Å². The number of aliphatic hydroxyl groups is 1. The standard InChI is InChI=1S/C16H15N5O3/c1-8(22)15-19-11-4-3-10(5-12(11)20-15)21-7-9(6-17)13(18)14(21)16(23)24-2/h3-5,7-8,22H,18H2,1-2H3,(H,19,20). The number of nitrogens with one attached hydrogen (secondary N) is 1. The highest BCUT2D eigenvalue weighted by molar-refractivity contribution is 5.96. The molecule has 2 aromatic heterocycles. The fourth-order valence-corrected chi connectivity index (χ4v) is 2.48. The minimum Gasteiger partial charge on any atom is -0.464 e. The highest BCUT2D eigenvalue weighted by Gasteiger charge is 2.22. The Morgan fingerprint density at radius 2 is 2.29 bits per heavy atom. The van der Waals surface area contributed by atoms with Gasteiger partial charge in [-0.05, 0) is 25.1 Å². The summed E-state index contributed by atoms with van der Waals surface area (Å²) in [6.07, 6.45) is 0.758. The number of nitrogen functional groups attached to an aromatic ring is 1. The largest absolute Gasteiger partial charge is 0.464 e. The molecule has 3 rings (SSSR count). The Morgan fingerprint density at radius 1 is 1.54 bits per heavy atom. The zero-order valence-corrected chi connectivity index (χ0v) is 13.1. The van der Waals surface area contributed by atoms with Gasteiger partial charge in [-0.1, -0.05) is 0 Å². The molecule has 0 amide bonds. The molecule has 1 unspecified atom stereocenters. The van der Waals surface area contributed by atoms with Crippen molar-refractivity contribution < 1.29 is 14.6 Å². The van der Waals surface area contributed by atoms with Crippen LogP contribution >= 0.6 is 0 Å². The number of carbonyl (C=O) groups excluding carboxylic acids is 1. The Morgan fingerprint density at radius 3 is 2.92 bits per heavy atom. The first-order chi connectivity index (χ1) is 11.5. The van der Waals surface area contributed by atoms with Gasteiger partial charge in [0.2, 0.25) is 0 Å². The van der Waals surface area contributed by atoms with Gasteiger partial charge < -0.3 is 25.1 Å². The number of carbonyl (C=O) groups is 1. The summed E-state index contributed by atoms with van der Waals surface area (Å²) in [5.74, 6) is -0.191. The number of nitrogens with zero attached hydrogens (tertiary/aromatic N) is 3. The molecule has 1 atom stereocenters. The molecule has 0 saturated carbocycles. The molecule has 4 N–H and O–H groups in total. The van der Waals surface area contributed by atoms with Crippen molar-refractivity contribution in [2.24, 2.45) is 0 Å².